The molecule has 2 nitrogen and oxygen atoms in total. The molecule has 1 aromatic carbocycles. The molecule has 1 aliphatic rings. The summed E-state index contributed by atoms with van der Waals surface area (Å²) < 4.78 is 5.32. The van der Waals surface area contributed by atoms with Gasteiger partial charge >= 0.3 is 0 Å². The molecule has 1 saturated heterocycles. The van der Waals surface area contributed by atoms with Gasteiger partial charge in [-0.15, -0.1) is 0 Å². The highest BCUT2D eigenvalue weighted by Crippen LogP contribution is 2.20. The van der Waals surface area contributed by atoms with Crippen molar-refractivity contribution in [2.75, 3.05) is 26.3 Å². The smallest absolute Gasteiger partial charge is 0.0642 e. The number of allylic oxidation sites excluding steroid dienone is 2. The van der Waals surface area contributed by atoms with Gasteiger partial charge in [0.25, 0.3) is 0 Å². The van der Waals surface area contributed by atoms with Gasteiger partial charge in [0.2, 0.25) is 0 Å². The van der Waals surface area contributed by atoms with Crippen molar-refractivity contribution in [3.05, 3.63) is 53.6 Å². The minimum atomic E-state index is 0.839. The first-order valence-electron chi connectivity index (χ1n) is 6.23. The van der Waals surface area contributed by atoms with Crippen LogP contribution in [0.1, 0.15) is 6.92 Å². The zero-order valence-corrected chi connectivity index (χ0v) is 11.5. The summed E-state index contributed by atoms with van der Waals surface area (Å²) in [5, 5.41) is 2.19. The highest BCUT2D eigenvalue weighted by Gasteiger charge is 2.04. The lowest BCUT2D eigenvalue weighted by Gasteiger charge is -2.25. The maximum Gasteiger partial charge on any atom is 0.0642 e. The maximum atomic E-state index is 5.32. The van der Waals surface area contributed by atoms with E-state index in [9.17, 15) is 0 Å². The van der Waals surface area contributed by atoms with Crippen LogP contribution in [0.3, 0.4) is 0 Å². The van der Waals surface area contributed by atoms with E-state index in [2.05, 4.69) is 53.8 Å². The molecule has 3 heteroatoms. The van der Waals surface area contributed by atoms with Gasteiger partial charge < -0.3 is 9.64 Å². The molecule has 1 aromatic rings. The van der Waals surface area contributed by atoms with Crippen LogP contribution in [0.15, 0.2) is 58.5 Å². The second-order valence-electron chi connectivity index (χ2n) is 4.26. The highest BCUT2D eigenvalue weighted by atomic mass is 32.2. The SMILES string of the molecule is CC(=C/Sc1ccccc1)/C=C/N1CCOCC1. The number of nitrogens with zero attached hydrogens (tertiary/aromatic N) is 1. The van der Waals surface area contributed by atoms with Gasteiger partial charge in [0.05, 0.1) is 13.2 Å². The van der Waals surface area contributed by atoms with Crippen LogP contribution in [-0.2, 0) is 4.74 Å². The predicted molar refractivity (Wildman–Crippen MR) is 77.6 cm³/mol. The third-order valence-electron chi connectivity index (χ3n) is 2.72. The third kappa shape index (κ3) is 4.59. The topological polar surface area (TPSA) is 12.5 Å². The van der Waals surface area contributed by atoms with E-state index in [1.165, 1.54) is 10.5 Å². The molecule has 0 bridgehead atoms. The first-order valence-corrected chi connectivity index (χ1v) is 7.11. The summed E-state index contributed by atoms with van der Waals surface area (Å²) in [6.07, 6.45) is 4.33. The quantitative estimate of drug-likeness (QED) is 0.608. The number of hydrogen-bond donors (Lipinski definition) is 0. The van der Waals surface area contributed by atoms with Crippen molar-refractivity contribution in [2.45, 2.75) is 11.8 Å². The van der Waals surface area contributed by atoms with E-state index in [4.69, 9.17) is 4.74 Å². The van der Waals surface area contributed by atoms with Gasteiger partial charge in [-0.2, -0.15) is 0 Å². The Kier molecular flexibility index (Phi) is 5.36. The standard InChI is InChI=1S/C15H19NOS/c1-14(7-8-16-9-11-17-12-10-16)13-18-15-5-3-2-4-6-15/h2-8,13H,9-12H2,1H3/b8-7+,14-13-. The largest absolute Gasteiger partial charge is 0.378 e. The second kappa shape index (κ2) is 7.29. The van der Waals surface area contributed by atoms with E-state index in [0.29, 0.717) is 0 Å². The predicted octanol–water partition coefficient (Wildman–Crippen LogP) is 3.53. The Morgan fingerprint density at radius 3 is 2.67 bits per heavy atom. The molecule has 0 saturated carbocycles. The van der Waals surface area contributed by atoms with Crippen molar-refractivity contribution in [1.82, 2.24) is 4.90 Å². The first-order chi connectivity index (χ1) is 8.84. The van der Waals surface area contributed by atoms with Crippen LogP contribution in [0, 0.1) is 0 Å². The van der Waals surface area contributed by atoms with E-state index < -0.39 is 0 Å². The second-order valence-corrected chi connectivity index (χ2v) is 5.20. The molecule has 0 spiro atoms. The number of hydrogen-bond acceptors (Lipinski definition) is 3. The molecule has 0 atom stereocenters. The summed E-state index contributed by atoms with van der Waals surface area (Å²) in [5.41, 5.74) is 1.27. The minimum absolute atomic E-state index is 0.839. The Morgan fingerprint density at radius 1 is 1.22 bits per heavy atom. The lowest BCUT2D eigenvalue weighted by atomic mass is 10.3. The summed E-state index contributed by atoms with van der Waals surface area (Å²) in [5.74, 6) is 0. The van der Waals surface area contributed by atoms with Gasteiger partial charge in [0, 0.05) is 18.0 Å². The summed E-state index contributed by atoms with van der Waals surface area (Å²) >= 11 is 1.76. The van der Waals surface area contributed by atoms with Gasteiger partial charge in [-0.05, 0) is 42.3 Å². The first kappa shape index (κ1) is 13.2. The van der Waals surface area contributed by atoms with Gasteiger partial charge in [-0.25, -0.2) is 0 Å². The van der Waals surface area contributed by atoms with Crippen LogP contribution in [-0.4, -0.2) is 31.2 Å². The summed E-state index contributed by atoms with van der Waals surface area (Å²) in [7, 11) is 0. The van der Waals surface area contributed by atoms with Crippen LogP contribution >= 0.6 is 11.8 Å². The lowest BCUT2D eigenvalue weighted by molar-refractivity contribution is 0.0594. The highest BCUT2D eigenvalue weighted by molar-refractivity contribution is 8.02. The Morgan fingerprint density at radius 2 is 1.94 bits per heavy atom. The van der Waals surface area contributed by atoms with Gasteiger partial charge in [-0.1, -0.05) is 30.0 Å². The van der Waals surface area contributed by atoms with E-state index in [1.807, 2.05) is 6.07 Å². The number of ether oxygens (including phenoxy) is 1. The summed E-state index contributed by atoms with van der Waals surface area (Å²) in [6, 6.07) is 10.4. The summed E-state index contributed by atoms with van der Waals surface area (Å²) in [4.78, 5) is 3.57. The van der Waals surface area contributed by atoms with Gasteiger partial charge in [-0.3, -0.25) is 0 Å². The zero-order valence-electron chi connectivity index (χ0n) is 10.7. The molecule has 0 N–H and O–H groups in total. The number of benzene rings is 1. The number of morpholine rings is 1. The number of thioether (sulfide) groups is 1. The van der Waals surface area contributed by atoms with E-state index in [-0.39, 0.29) is 0 Å². The molecule has 1 aliphatic heterocycles. The van der Waals surface area contributed by atoms with Crippen molar-refractivity contribution in [3.8, 4) is 0 Å². The molecular formula is C15H19NOS. The average Bonchev–Trinajstić information content (AvgIpc) is 2.45. The van der Waals surface area contributed by atoms with Crippen LogP contribution in [0.5, 0.6) is 0 Å². The summed E-state index contributed by atoms with van der Waals surface area (Å²) in [6.45, 7) is 5.80. The van der Waals surface area contributed by atoms with Crippen LogP contribution < -0.4 is 0 Å². The normalized spacial score (nSPS) is 17.4. The van der Waals surface area contributed by atoms with Crippen LogP contribution in [0.25, 0.3) is 0 Å². The fourth-order valence-electron chi connectivity index (χ4n) is 1.65. The van der Waals surface area contributed by atoms with E-state index in [1.54, 1.807) is 11.8 Å². The Hall–Kier alpha value is -1.19. The Bertz CT molecular complexity index is 408. The van der Waals surface area contributed by atoms with Crippen molar-refractivity contribution in [2.24, 2.45) is 0 Å². The average molecular weight is 261 g/mol. The number of rotatable bonds is 4. The fourth-order valence-corrected chi connectivity index (χ4v) is 2.36. The molecule has 96 valence electrons. The molecule has 0 aliphatic carbocycles. The molecule has 18 heavy (non-hydrogen) atoms. The molecule has 0 amide bonds. The molecule has 2 rings (SSSR count). The monoisotopic (exact) mass is 261 g/mol. The van der Waals surface area contributed by atoms with Gasteiger partial charge in [0.1, 0.15) is 0 Å². The maximum absolute atomic E-state index is 5.32. The molecule has 1 heterocycles. The molecular weight excluding hydrogens is 242 g/mol. The minimum Gasteiger partial charge on any atom is -0.378 e. The molecule has 0 unspecified atom stereocenters. The van der Waals surface area contributed by atoms with Crippen molar-refractivity contribution < 1.29 is 4.74 Å². The van der Waals surface area contributed by atoms with E-state index in [0.717, 1.165) is 26.3 Å². The van der Waals surface area contributed by atoms with Crippen molar-refractivity contribution >= 4 is 11.8 Å². The molecule has 0 radical (unpaired) electrons. The molecule has 1 fully saturated rings. The Balaban J connectivity index is 1.83. The van der Waals surface area contributed by atoms with Crippen molar-refractivity contribution in [1.29, 1.82) is 0 Å². The third-order valence-corrected chi connectivity index (χ3v) is 3.75. The zero-order chi connectivity index (χ0) is 12.6. The van der Waals surface area contributed by atoms with Gasteiger partial charge in [0.15, 0.2) is 0 Å². The lowest BCUT2D eigenvalue weighted by Crippen LogP contribution is -2.31. The fraction of sp³-hybridized carbons (Fsp3) is 0.333. The van der Waals surface area contributed by atoms with Crippen molar-refractivity contribution in [3.63, 3.8) is 0 Å². The van der Waals surface area contributed by atoms with E-state index >= 15 is 0 Å². The van der Waals surface area contributed by atoms with Crippen LogP contribution in [0.4, 0.5) is 0 Å². The molecule has 0 aromatic heterocycles. The van der Waals surface area contributed by atoms with Crippen LogP contribution in [0.2, 0.25) is 0 Å². The Labute approximate surface area is 113 Å².